The largest absolute Gasteiger partial charge is 0.381 e. The van der Waals surface area contributed by atoms with Crippen molar-refractivity contribution in [1.29, 1.82) is 0 Å². The van der Waals surface area contributed by atoms with Crippen LogP contribution in [0.15, 0.2) is 47.4 Å². The maximum absolute atomic E-state index is 15.1. The van der Waals surface area contributed by atoms with Gasteiger partial charge in [-0.05, 0) is 30.5 Å². The minimum absolute atomic E-state index is 0.0264. The van der Waals surface area contributed by atoms with Crippen LogP contribution in [-0.4, -0.2) is 54.0 Å². The molecule has 6 rings (SSSR count). The monoisotopic (exact) mass is 544 g/mol. The van der Waals surface area contributed by atoms with E-state index in [1.165, 1.54) is 6.07 Å². The van der Waals surface area contributed by atoms with Crippen LogP contribution in [0.5, 0.6) is 0 Å². The number of H-pyrrole nitrogens is 1. The first kappa shape index (κ1) is 25.8. The van der Waals surface area contributed by atoms with Crippen LogP contribution in [0.4, 0.5) is 4.39 Å². The molecule has 1 amide bonds. The topological polar surface area (TPSA) is 137 Å². The van der Waals surface area contributed by atoms with Crippen molar-refractivity contribution in [1.82, 2.24) is 40.2 Å². The van der Waals surface area contributed by atoms with Crippen molar-refractivity contribution in [2.24, 2.45) is 0 Å². The first-order valence-corrected chi connectivity index (χ1v) is 13.1. The number of hydrogen-bond acceptors (Lipinski definition) is 8. The van der Waals surface area contributed by atoms with E-state index in [4.69, 9.17) is 9.26 Å². The van der Waals surface area contributed by atoms with Gasteiger partial charge in [-0.1, -0.05) is 38.1 Å². The molecule has 0 saturated carbocycles. The molecule has 0 bridgehead atoms. The van der Waals surface area contributed by atoms with E-state index in [9.17, 15) is 4.79 Å². The van der Waals surface area contributed by atoms with Crippen molar-refractivity contribution in [2.45, 2.75) is 51.6 Å². The Morgan fingerprint density at radius 1 is 1.18 bits per heavy atom. The molecule has 0 aliphatic carbocycles. The summed E-state index contributed by atoms with van der Waals surface area (Å²) < 4.78 is 27.7. The highest BCUT2D eigenvalue weighted by Gasteiger charge is 2.24. The maximum atomic E-state index is 15.1. The number of rotatable bonds is 6. The number of ether oxygens (including phenoxy) is 1. The number of aromatic nitrogens is 7. The number of nitrogens with zero attached hydrogens (tertiary/aromatic N) is 6. The van der Waals surface area contributed by atoms with Crippen LogP contribution in [0.25, 0.3) is 33.7 Å². The Balaban J connectivity index is 1.20. The SMILES string of the molecule is CC(C)(C)c1nc(C(=O)NCc2ccc(-c3ccnc4nc(-c5cnn(C6CCOCC6)c5)[nH]c34)cc2F)no1. The third-order valence-electron chi connectivity index (χ3n) is 6.91. The maximum Gasteiger partial charge on any atom is 0.292 e. The number of halogens is 1. The van der Waals surface area contributed by atoms with E-state index in [0.717, 1.165) is 37.2 Å². The molecule has 206 valence electrons. The van der Waals surface area contributed by atoms with Crippen LogP contribution in [0, 0.1) is 5.82 Å². The van der Waals surface area contributed by atoms with Gasteiger partial charge >= 0.3 is 0 Å². The highest BCUT2D eigenvalue weighted by molar-refractivity contribution is 5.91. The highest BCUT2D eigenvalue weighted by Crippen LogP contribution is 2.30. The Morgan fingerprint density at radius 3 is 2.75 bits per heavy atom. The molecule has 0 radical (unpaired) electrons. The van der Waals surface area contributed by atoms with Gasteiger partial charge in [-0.3, -0.25) is 9.48 Å². The van der Waals surface area contributed by atoms with Gasteiger partial charge in [-0.2, -0.15) is 10.1 Å². The van der Waals surface area contributed by atoms with Gasteiger partial charge in [0.2, 0.25) is 5.89 Å². The van der Waals surface area contributed by atoms with Gasteiger partial charge < -0.3 is 19.6 Å². The molecule has 2 N–H and O–H groups in total. The van der Waals surface area contributed by atoms with Gasteiger partial charge in [-0.25, -0.2) is 14.4 Å². The summed E-state index contributed by atoms with van der Waals surface area (Å²) in [7, 11) is 0. The number of hydrogen-bond donors (Lipinski definition) is 2. The van der Waals surface area contributed by atoms with E-state index in [-0.39, 0.29) is 17.8 Å². The average molecular weight is 545 g/mol. The number of amides is 1. The number of imidazole rings is 1. The number of pyridine rings is 1. The first-order chi connectivity index (χ1) is 19.3. The summed E-state index contributed by atoms with van der Waals surface area (Å²) in [6.07, 6.45) is 7.26. The Morgan fingerprint density at radius 2 is 2.00 bits per heavy atom. The van der Waals surface area contributed by atoms with E-state index < -0.39 is 11.7 Å². The lowest BCUT2D eigenvalue weighted by Gasteiger charge is -2.22. The molecule has 12 heteroatoms. The van der Waals surface area contributed by atoms with Crippen LogP contribution in [-0.2, 0) is 16.7 Å². The van der Waals surface area contributed by atoms with Crippen LogP contribution < -0.4 is 5.32 Å². The van der Waals surface area contributed by atoms with E-state index in [0.29, 0.717) is 40.0 Å². The molecule has 1 aliphatic rings. The van der Waals surface area contributed by atoms with Crippen LogP contribution in [0.2, 0.25) is 0 Å². The number of carbonyl (C=O) groups is 1. The lowest BCUT2D eigenvalue weighted by atomic mass is 9.97. The molecular weight excluding hydrogens is 515 g/mol. The Bertz CT molecular complexity index is 1680. The van der Waals surface area contributed by atoms with E-state index in [2.05, 4.69) is 35.5 Å². The number of fused-ring (bicyclic) bond motifs is 1. The second-order valence-electron chi connectivity index (χ2n) is 10.9. The second kappa shape index (κ2) is 10.3. The van der Waals surface area contributed by atoms with Crippen molar-refractivity contribution in [3.8, 4) is 22.5 Å². The molecule has 1 fully saturated rings. The highest BCUT2D eigenvalue weighted by atomic mass is 19.1. The molecule has 4 aromatic heterocycles. The fourth-order valence-electron chi connectivity index (χ4n) is 4.63. The first-order valence-electron chi connectivity index (χ1n) is 13.1. The quantitative estimate of drug-likeness (QED) is 0.317. The number of aromatic amines is 1. The fourth-order valence-corrected chi connectivity index (χ4v) is 4.63. The van der Waals surface area contributed by atoms with Crippen LogP contribution >= 0.6 is 0 Å². The zero-order valence-corrected chi connectivity index (χ0v) is 22.4. The smallest absolute Gasteiger partial charge is 0.292 e. The van der Waals surface area contributed by atoms with E-state index in [1.807, 2.05) is 37.7 Å². The summed E-state index contributed by atoms with van der Waals surface area (Å²) in [6, 6.07) is 7.00. The average Bonchev–Trinajstić information content (AvgIpc) is 3.71. The predicted molar refractivity (Wildman–Crippen MR) is 144 cm³/mol. The summed E-state index contributed by atoms with van der Waals surface area (Å²) in [5.41, 5.74) is 3.43. The summed E-state index contributed by atoms with van der Waals surface area (Å²) in [5.74, 6) is -0.0852. The molecule has 11 nitrogen and oxygen atoms in total. The Hall–Kier alpha value is -4.45. The van der Waals surface area contributed by atoms with Gasteiger partial charge in [0.15, 0.2) is 5.65 Å². The molecule has 0 atom stereocenters. The molecule has 1 saturated heterocycles. The number of benzene rings is 1. The molecular formula is C28H29FN8O3. The summed E-state index contributed by atoms with van der Waals surface area (Å²) in [6.45, 7) is 7.15. The van der Waals surface area contributed by atoms with Crippen molar-refractivity contribution in [2.75, 3.05) is 13.2 Å². The molecule has 1 aliphatic heterocycles. The lowest BCUT2D eigenvalue weighted by Crippen LogP contribution is -2.24. The summed E-state index contributed by atoms with van der Waals surface area (Å²) in [5, 5.41) is 10.9. The Kier molecular flexibility index (Phi) is 6.62. The normalized spacial score (nSPS) is 14.6. The lowest BCUT2D eigenvalue weighted by molar-refractivity contribution is 0.0662. The third-order valence-corrected chi connectivity index (χ3v) is 6.91. The van der Waals surface area contributed by atoms with Crippen molar-refractivity contribution >= 4 is 17.1 Å². The summed E-state index contributed by atoms with van der Waals surface area (Å²) >= 11 is 0. The van der Waals surface area contributed by atoms with Crippen LogP contribution in [0.3, 0.4) is 0 Å². The zero-order valence-electron chi connectivity index (χ0n) is 22.4. The predicted octanol–water partition coefficient (Wildman–Crippen LogP) is 4.59. The van der Waals surface area contributed by atoms with Gasteiger partial charge in [-0.15, -0.1) is 0 Å². The molecule has 0 spiro atoms. The third kappa shape index (κ3) is 5.09. The molecule has 5 aromatic rings. The number of nitrogens with one attached hydrogen (secondary N) is 2. The van der Waals surface area contributed by atoms with Gasteiger partial charge in [0.1, 0.15) is 11.6 Å². The summed E-state index contributed by atoms with van der Waals surface area (Å²) in [4.78, 5) is 29.0. The standard InChI is InChI=1S/C28H29FN8O3/c1-28(2,3)27-35-25(36-40-27)26(38)31-13-17-5-4-16(12-21(17)29)20-6-9-30-24-22(20)33-23(34-24)18-14-32-37(15-18)19-7-10-39-11-8-19/h4-6,9,12,14-15,19H,7-8,10-11,13H2,1-3H3,(H,31,38)(H,30,33,34). The van der Waals surface area contributed by atoms with Crippen LogP contribution in [0.1, 0.15) is 61.7 Å². The Labute approximate surface area is 229 Å². The van der Waals surface area contributed by atoms with Crippen molar-refractivity contribution in [3.63, 3.8) is 0 Å². The minimum Gasteiger partial charge on any atom is -0.381 e. The fraction of sp³-hybridized carbons (Fsp3) is 0.357. The molecule has 1 aromatic carbocycles. The molecule has 40 heavy (non-hydrogen) atoms. The van der Waals surface area contributed by atoms with Gasteiger partial charge in [0.25, 0.3) is 11.7 Å². The second-order valence-corrected chi connectivity index (χ2v) is 10.9. The van der Waals surface area contributed by atoms with E-state index >= 15 is 4.39 Å². The number of carbonyl (C=O) groups excluding carboxylic acids is 1. The van der Waals surface area contributed by atoms with Gasteiger partial charge in [0.05, 0.1) is 23.3 Å². The van der Waals surface area contributed by atoms with Crippen molar-refractivity contribution in [3.05, 3.63) is 66.0 Å². The molecule has 5 heterocycles. The zero-order chi connectivity index (χ0) is 27.9. The van der Waals surface area contributed by atoms with Crippen molar-refractivity contribution < 1.29 is 18.4 Å². The molecule has 0 unspecified atom stereocenters. The minimum atomic E-state index is -0.538. The van der Waals surface area contributed by atoms with E-state index in [1.54, 1.807) is 24.5 Å². The van der Waals surface area contributed by atoms with Gasteiger partial charge in [0, 0.05) is 48.7 Å².